The van der Waals surface area contributed by atoms with Gasteiger partial charge in [-0.15, -0.1) is 0 Å². The highest BCUT2D eigenvalue weighted by Gasteiger charge is 2.25. The number of nitrogens with zero attached hydrogens (tertiary/aromatic N) is 1. The van der Waals surface area contributed by atoms with Crippen molar-refractivity contribution in [2.45, 2.75) is 19.4 Å². The van der Waals surface area contributed by atoms with Gasteiger partial charge in [0.15, 0.2) is 0 Å². The van der Waals surface area contributed by atoms with Crippen molar-refractivity contribution in [2.24, 2.45) is 5.92 Å². The maximum absolute atomic E-state index is 12.2. The molecule has 5 nitrogen and oxygen atoms in total. The number of nitrogens with two attached hydrogens (primary N) is 2. The molecule has 5 N–H and O–H groups in total. The maximum atomic E-state index is 12.2. The van der Waals surface area contributed by atoms with Crippen molar-refractivity contribution in [1.82, 2.24) is 10.2 Å². The summed E-state index contributed by atoms with van der Waals surface area (Å²) in [7, 11) is 2.10. The van der Waals surface area contributed by atoms with Crippen LogP contribution < -0.4 is 16.8 Å². The fourth-order valence-corrected chi connectivity index (χ4v) is 2.63. The van der Waals surface area contributed by atoms with E-state index in [1.165, 1.54) is 0 Å². The number of carbonyl (C=O) groups excluding carboxylic acids is 1. The number of rotatable bonds is 2. The number of benzene rings is 1. The van der Waals surface area contributed by atoms with E-state index in [1.54, 1.807) is 18.2 Å². The molecule has 0 saturated carbocycles. The van der Waals surface area contributed by atoms with Gasteiger partial charge in [0, 0.05) is 29.5 Å². The van der Waals surface area contributed by atoms with Crippen LogP contribution in [0.2, 0.25) is 0 Å². The van der Waals surface area contributed by atoms with Crippen LogP contribution in [0.4, 0.5) is 11.4 Å². The zero-order chi connectivity index (χ0) is 14.0. The van der Waals surface area contributed by atoms with Crippen LogP contribution in [-0.4, -0.2) is 37.0 Å². The van der Waals surface area contributed by atoms with Crippen molar-refractivity contribution >= 4 is 17.3 Å². The first-order valence-electron chi connectivity index (χ1n) is 6.61. The van der Waals surface area contributed by atoms with Gasteiger partial charge in [0.1, 0.15) is 0 Å². The number of likely N-dealkylation sites (tertiary alicyclic amines) is 1. The lowest BCUT2D eigenvalue weighted by molar-refractivity contribution is 0.0884. The van der Waals surface area contributed by atoms with Crippen LogP contribution in [0.25, 0.3) is 0 Å². The third-order valence-corrected chi connectivity index (χ3v) is 3.66. The Kier molecular flexibility index (Phi) is 3.95. The monoisotopic (exact) mass is 262 g/mol. The molecule has 2 atom stereocenters. The first-order chi connectivity index (χ1) is 8.95. The second kappa shape index (κ2) is 5.48. The van der Waals surface area contributed by atoms with Gasteiger partial charge in [0.2, 0.25) is 0 Å². The summed E-state index contributed by atoms with van der Waals surface area (Å²) in [5.74, 6) is 0.349. The lowest BCUT2D eigenvalue weighted by Crippen LogP contribution is -2.48. The summed E-state index contributed by atoms with van der Waals surface area (Å²) in [6.45, 7) is 4.17. The molecular weight excluding hydrogens is 240 g/mol. The summed E-state index contributed by atoms with van der Waals surface area (Å²) in [6.07, 6.45) is 0.973. The number of nitrogen functional groups attached to an aromatic ring is 2. The fraction of sp³-hybridized carbons (Fsp3) is 0.500. The van der Waals surface area contributed by atoms with Crippen LogP contribution in [0.15, 0.2) is 18.2 Å². The molecule has 0 spiro atoms. The second-order valence-electron chi connectivity index (χ2n) is 5.50. The summed E-state index contributed by atoms with van der Waals surface area (Å²) in [4.78, 5) is 14.5. The van der Waals surface area contributed by atoms with Gasteiger partial charge in [-0.3, -0.25) is 4.79 Å². The number of amides is 1. The highest BCUT2D eigenvalue weighted by molar-refractivity contribution is 5.96. The van der Waals surface area contributed by atoms with Gasteiger partial charge in [0.25, 0.3) is 5.91 Å². The molecule has 2 rings (SSSR count). The minimum absolute atomic E-state index is 0.0968. The smallest absolute Gasteiger partial charge is 0.251 e. The van der Waals surface area contributed by atoms with E-state index in [0.717, 1.165) is 19.5 Å². The average Bonchev–Trinajstić information content (AvgIpc) is 2.31. The molecule has 1 aromatic rings. The summed E-state index contributed by atoms with van der Waals surface area (Å²) >= 11 is 0. The topological polar surface area (TPSA) is 84.4 Å². The molecule has 1 fully saturated rings. The van der Waals surface area contributed by atoms with E-state index in [0.29, 0.717) is 22.9 Å². The number of hydrogen-bond donors (Lipinski definition) is 3. The Morgan fingerprint density at radius 2 is 1.95 bits per heavy atom. The van der Waals surface area contributed by atoms with Crippen LogP contribution >= 0.6 is 0 Å². The van der Waals surface area contributed by atoms with E-state index >= 15 is 0 Å². The van der Waals surface area contributed by atoms with Gasteiger partial charge in [-0.25, -0.2) is 0 Å². The quantitative estimate of drug-likeness (QED) is 0.692. The first kappa shape index (κ1) is 13.7. The molecule has 0 bridgehead atoms. The van der Waals surface area contributed by atoms with Crippen LogP contribution in [0.5, 0.6) is 0 Å². The lowest BCUT2D eigenvalue weighted by atomic mass is 9.94. The number of nitrogens with one attached hydrogen (secondary N) is 1. The molecule has 1 heterocycles. The fourth-order valence-electron chi connectivity index (χ4n) is 2.63. The SMILES string of the molecule is CC1CN(C)CCC1NC(=O)c1cc(N)cc(N)c1. The summed E-state index contributed by atoms with van der Waals surface area (Å²) in [5.41, 5.74) is 13.0. The predicted molar refractivity (Wildman–Crippen MR) is 77.8 cm³/mol. The van der Waals surface area contributed by atoms with Crippen LogP contribution in [0.1, 0.15) is 23.7 Å². The molecule has 5 heteroatoms. The van der Waals surface area contributed by atoms with Gasteiger partial charge in [-0.2, -0.15) is 0 Å². The standard InChI is InChI=1S/C14H22N4O/c1-9-8-18(2)4-3-13(9)17-14(19)10-5-11(15)7-12(16)6-10/h5-7,9,13H,3-4,8,15-16H2,1-2H3,(H,17,19). The highest BCUT2D eigenvalue weighted by Crippen LogP contribution is 2.18. The first-order valence-corrected chi connectivity index (χ1v) is 6.61. The van der Waals surface area contributed by atoms with Crippen molar-refractivity contribution in [3.8, 4) is 0 Å². The van der Waals surface area contributed by atoms with E-state index in [-0.39, 0.29) is 11.9 Å². The van der Waals surface area contributed by atoms with Gasteiger partial charge < -0.3 is 21.7 Å². The molecule has 2 unspecified atom stereocenters. The summed E-state index contributed by atoms with van der Waals surface area (Å²) in [6, 6.07) is 5.18. The van der Waals surface area contributed by atoms with Gasteiger partial charge in [0.05, 0.1) is 0 Å². The Labute approximate surface area is 113 Å². The van der Waals surface area contributed by atoms with Crippen LogP contribution in [0, 0.1) is 5.92 Å². The Morgan fingerprint density at radius 1 is 1.32 bits per heavy atom. The Balaban J connectivity index is 2.04. The van der Waals surface area contributed by atoms with Crippen molar-refractivity contribution < 1.29 is 4.79 Å². The van der Waals surface area contributed by atoms with Crippen molar-refractivity contribution in [3.63, 3.8) is 0 Å². The average molecular weight is 262 g/mol. The minimum atomic E-state index is -0.0968. The van der Waals surface area contributed by atoms with E-state index < -0.39 is 0 Å². The molecule has 1 aliphatic rings. The number of carbonyl (C=O) groups is 1. The predicted octanol–water partition coefficient (Wildman–Crippen LogP) is 0.921. The third kappa shape index (κ3) is 3.38. The molecular formula is C14H22N4O. The molecule has 1 aliphatic heterocycles. The highest BCUT2D eigenvalue weighted by atomic mass is 16.1. The molecule has 1 aromatic carbocycles. The summed E-state index contributed by atoms with van der Waals surface area (Å²) in [5, 5.41) is 3.08. The lowest BCUT2D eigenvalue weighted by Gasteiger charge is -2.35. The summed E-state index contributed by atoms with van der Waals surface area (Å²) < 4.78 is 0. The Bertz CT molecular complexity index is 454. The number of anilines is 2. The second-order valence-corrected chi connectivity index (χ2v) is 5.50. The van der Waals surface area contributed by atoms with Crippen molar-refractivity contribution in [2.75, 3.05) is 31.6 Å². The van der Waals surface area contributed by atoms with E-state index in [2.05, 4.69) is 24.2 Å². The molecule has 1 saturated heterocycles. The minimum Gasteiger partial charge on any atom is -0.399 e. The maximum Gasteiger partial charge on any atom is 0.251 e. The van der Waals surface area contributed by atoms with Crippen molar-refractivity contribution in [3.05, 3.63) is 23.8 Å². The molecule has 0 aromatic heterocycles. The third-order valence-electron chi connectivity index (χ3n) is 3.66. The largest absolute Gasteiger partial charge is 0.399 e. The van der Waals surface area contributed by atoms with E-state index in [4.69, 9.17) is 11.5 Å². The Morgan fingerprint density at radius 3 is 2.53 bits per heavy atom. The zero-order valence-corrected chi connectivity index (χ0v) is 11.5. The van der Waals surface area contributed by atoms with Gasteiger partial charge in [-0.05, 0) is 44.1 Å². The normalized spacial score (nSPS) is 24.1. The van der Waals surface area contributed by atoms with E-state index in [1.807, 2.05) is 0 Å². The molecule has 0 aliphatic carbocycles. The van der Waals surface area contributed by atoms with E-state index in [9.17, 15) is 4.79 Å². The molecule has 0 radical (unpaired) electrons. The number of hydrogen-bond acceptors (Lipinski definition) is 4. The van der Waals surface area contributed by atoms with Crippen molar-refractivity contribution in [1.29, 1.82) is 0 Å². The van der Waals surface area contributed by atoms with Crippen LogP contribution in [-0.2, 0) is 0 Å². The van der Waals surface area contributed by atoms with Gasteiger partial charge >= 0.3 is 0 Å². The van der Waals surface area contributed by atoms with Crippen LogP contribution in [0.3, 0.4) is 0 Å². The molecule has 1 amide bonds. The zero-order valence-electron chi connectivity index (χ0n) is 11.5. The molecule has 104 valence electrons. The van der Waals surface area contributed by atoms with Gasteiger partial charge in [-0.1, -0.05) is 6.92 Å². The molecule has 19 heavy (non-hydrogen) atoms. The Hall–Kier alpha value is -1.75. The number of piperidine rings is 1.